The number of hydrogen-bond donors (Lipinski definition) is 1. The molecule has 4 aromatic rings. The fraction of sp³-hybridized carbons (Fsp3) is 0.308. The molecule has 1 aliphatic heterocycles. The highest BCUT2D eigenvalue weighted by molar-refractivity contribution is 6.09. The zero-order valence-corrected chi connectivity index (χ0v) is 28.3. The SMILES string of the molecule is Cc1ccc(-c2ccccc2C(=O)Nc2ccc(C(=O)N(C)c3ccccc3OCCN(C)CCC(=O)N3CCN(C)CC3)cc2)cc1. The number of aryl methyl sites for hydroxylation is 1. The third-order valence-electron chi connectivity index (χ3n) is 8.75. The molecule has 4 aromatic carbocycles. The number of benzene rings is 4. The van der Waals surface area contributed by atoms with E-state index in [2.05, 4.69) is 22.2 Å². The highest BCUT2D eigenvalue weighted by Gasteiger charge is 2.20. The molecule has 0 saturated carbocycles. The lowest BCUT2D eigenvalue weighted by Gasteiger charge is -2.32. The Morgan fingerprint density at radius 2 is 1.46 bits per heavy atom. The van der Waals surface area contributed by atoms with Crippen molar-refractivity contribution >= 4 is 29.1 Å². The molecule has 1 heterocycles. The number of rotatable bonds is 12. The van der Waals surface area contributed by atoms with Crippen molar-refractivity contribution in [2.45, 2.75) is 13.3 Å². The van der Waals surface area contributed by atoms with Gasteiger partial charge in [-0.25, -0.2) is 0 Å². The first-order valence-electron chi connectivity index (χ1n) is 16.4. The molecule has 0 radical (unpaired) electrons. The number of likely N-dealkylation sites (N-methyl/N-ethyl adjacent to an activating group) is 2. The van der Waals surface area contributed by atoms with Crippen LogP contribution in [0.1, 0.15) is 32.7 Å². The van der Waals surface area contributed by atoms with Crippen LogP contribution in [0, 0.1) is 6.92 Å². The molecule has 250 valence electrons. The Labute approximate surface area is 283 Å². The van der Waals surface area contributed by atoms with E-state index in [4.69, 9.17) is 4.74 Å². The largest absolute Gasteiger partial charge is 0.490 e. The molecule has 0 bridgehead atoms. The van der Waals surface area contributed by atoms with E-state index < -0.39 is 0 Å². The zero-order valence-electron chi connectivity index (χ0n) is 28.3. The molecule has 0 spiro atoms. The second-order valence-electron chi connectivity index (χ2n) is 12.4. The van der Waals surface area contributed by atoms with Crippen molar-refractivity contribution in [3.63, 3.8) is 0 Å². The first-order chi connectivity index (χ1) is 23.2. The highest BCUT2D eigenvalue weighted by Crippen LogP contribution is 2.29. The number of ether oxygens (including phenoxy) is 1. The molecule has 1 fully saturated rings. The number of nitrogens with one attached hydrogen (secondary N) is 1. The second-order valence-corrected chi connectivity index (χ2v) is 12.4. The smallest absolute Gasteiger partial charge is 0.258 e. The van der Waals surface area contributed by atoms with Crippen molar-refractivity contribution in [2.75, 3.05) is 77.2 Å². The van der Waals surface area contributed by atoms with E-state index in [9.17, 15) is 14.4 Å². The molecule has 0 unspecified atom stereocenters. The van der Waals surface area contributed by atoms with Gasteiger partial charge in [0.25, 0.3) is 11.8 Å². The summed E-state index contributed by atoms with van der Waals surface area (Å²) in [7, 11) is 5.78. The van der Waals surface area contributed by atoms with Gasteiger partial charge in [-0.1, -0.05) is 60.2 Å². The molecule has 0 aromatic heterocycles. The summed E-state index contributed by atoms with van der Waals surface area (Å²) in [5.74, 6) is 0.375. The minimum Gasteiger partial charge on any atom is -0.490 e. The lowest BCUT2D eigenvalue weighted by molar-refractivity contribution is -0.133. The van der Waals surface area contributed by atoms with E-state index in [1.54, 1.807) is 36.2 Å². The maximum Gasteiger partial charge on any atom is 0.258 e. The number of carbonyl (C=O) groups is 3. The lowest BCUT2D eigenvalue weighted by Crippen LogP contribution is -2.47. The van der Waals surface area contributed by atoms with Gasteiger partial charge in [0.2, 0.25) is 5.91 Å². The number of para-hydroxylation sites is 2. The maximum atomic E-state index is 13.5. The van der Waals surface area contributed by atoms with E-state index in [0.29, 0.717) is 54.4 Å². The Hall–Kier alpha value is -4.99. The number of piperazine rings is 1. The number of carbonyl (C=O) groups excluding carboxylic acids is 3. The maximum absolute atomic E-state index is 13.5. The van der Waals surface area contributed by atoms with Crippen LogP contribution in [0.5, 0.6) is 5.75 Å². The Morgan fingerprint density at radius 1 is 0.792 bits per heavy atom. The van der Waals surface area contributed by atoms with Gasteiger partial charge in [0.05, 0.1) is 5.69 Å². The fourth-order valence-corrected chi connectivity index (χ4v) is 5.64. The van der Waals surface area contributed by atoms with Crippen molar-refractivity contribution in [1.29, 1.82) is 0 Å². The molecule has 9 heteroatoms. The number of nitrogens with zero attached hydrogens (tertiary/aromatic N) is 4. The van der Waals surface area contributed by atoms with E-state index in [1.165, 1.54) is 0 Å². The van der Waals surface area contributed by atoms with Crippen LogP contribution in [-0.4, -0.2) is 99.4 Å². The van der Waals surface area contributed by atoms with Gasteiger partial charge in [-0.05, 0) is 74.6 Å². The van der Waals surface area contributed by atoms with Crippen LogP contribution in [-0.2, 0) is 4.79 Å². The van der Waals surface area contributed by atoms with Crippen LogP contribution in [0.25, 0.3) is 11.1 Å². The van der Waals surface area contributed by atoms with Gasteiger partial charge in [0, 0.05) is 69.6 Å². The van der Waals surface area contributed by atoms with Crippen molar-refractivity contribution in [2.24, 2.45) is 0 Å². The van der Waals surface area contributed by atoms with Crippen LogP contribution in [0.4, 0.5) is 11.4 Å². The molecule has 48 heavy (non-hydrogen) atoms. The quantitative estimate of drug-likeness (QED) is 0.214. The molecule has 0 atom stereocenters. The van der Waals surface area contributed by atoms with Crippen molar-refractivity contribution in [1.82, 2.24) is 14.7 Å². The molecule has 3 amide bonds. The first-order valence-corrected chi connectivity index (χ1v) is 16.4. The van der Waals surface area contributed by atoms with Gasteiger partial charge in [-0.3, -0.25) is 14.4 Å². The highest BCUT2D eigenvalue weighted by atomic mass is 16.5. The number of anilines is 2. The van der Waals surface area contributed by atoms with Crippen LogP contribution < -0.4 is 15.0 Å². The molecule has 1 N–H and O–H groups in total. The Balaban J connectivity index is 1.14. The molecule has 5 rings (SSSR count). The van der Waals surface area contributed by atoms with Crippen molar-refractivity contribution in [3.8, 4) is 16.9 Å². The predicted octanol–water partition coefficient (Wildman–Crippen LogP) is 5.67. The van der Waals surface area contributed by atoms with Gasteiger partial charge in [-0.2, -0.15) is 0 Å². The van der Waals surface area contributed by atoms with Crippen molar-refractivity contribution < 1.29 is 19.1 Å². The van der Waals surface area contributed by atoms with E-state index >= 15 is 0 Å². The number of amides is 3. The van der Waals surface area contributed by atoms with Gasteiger partial charge in [0.1, 0.15) is 12.4 Å². The molecule has 0 aliphatic carbocycles. The molecule has 9 nitrogen and oxygen atoms in total. The third-order valence-corrected chi connectivity index (χ3v) is 8.75. The van der Waals surface area contributed by atoms with Crippen LogP contribution in [0.3, 0.4) is 0 Å². The van der Waals surface area contributed by atoms with Crippen molar-refractivity contribution in [3.05, 3.63) is 114 Å². The summed E-state index contributed by atoms with van der Waals surface area (Å²) in [6, 6.07) is 30.0. The van der Waals surface area contributed by atoms with E-state index in [0.717, 1.165) is 42.9 Å². The summed E-state index contributed by atoms with van der Waals surface area (Å²) < 4.78 is 6.12. The Morgan fingerprint density at radius 3 is 2.19 bits per heavy atom. The lowest BCUT2D eigenvalue weighted by atomic mass is 9.98. The van der Waals surface area contributed by atoms with E-state index in [-0.39, 0.29) is 17.7 Å². The molecular weight excluding hydrogens is 602 g/mol. The van der Waals surface area contributed by atoms with Crippen LogP contribution in [0.15, 0.2) is 97.1 Å². The molecule has 1 saturated heterocycles. The Bertz CT molecular complexity index is 1700. The Kier molecular flexibility index (Phi) is 11.6. The number of hydrogen-bond acceptors (Lipinski definition) is 6. The molecular formula is C39H45N5O4. The summed E-state index contributed by atoms with van der Waals surface area (Å²) in [5.41, 5.74) is 5.28. The van der Waals surface area contributed by atoms with Crippen LogP contribution >= 0.6 is 0 Å². The van der Waals surface area contributed by atoms with Gasteiger partial charge in [-0.15, -0.1) is 0 Å². The summed E-state index contributed by atoms with van der Waals surface area (Å²) in [6.45, 7) is 7.16. The summed E-state index contributed by atoms with van der Waals surface area (Å²) in [4.78, 5) is 47.2. The second kappa shape index (κ2) is 16.2. The average Bonchev–Trinajstić information content (AvgIpc) is 3.11. The van der Waals surface area contributed by atoms with Crippen LogP contribution in [0.2, 0.25) is 0 Å². The summed E-state index contributed by atoms with van der Waals surface area (Å²) >= 11 is 0. The zero-order chi connectivity index (χ0) is 34.0. The summed E-state index contributed by atoms with van der Waals surface area (Å²) in [5, 5.41) is 2.97. The third kappa shape index (κ3) is 8.87. The minimum absolute atomic E-state index is 0.195. The topological polar surface area (TPSA) is 85.4 Å². The standard InChI is InChI=1S/C39H45N5O4/c1-29-13-15-30(16-14-29)33-9-5-6-10-34(33)38(46)40-32-19-17-31(18-20-32)39(47)43(4)35-11-7-8-12-36(35)48-28-27-41(2)22-21-37(45)44-25-23-42(3)24-26-44/h5-20H,21-28H2,1-4H3,(H,40,46). The van der Waals surface area contributed by atoms with Gasteiger partial charge < -0.3 is 29.7 Å². The monoisotopic (exact) mass is 647 g/mol. The average molecular weight is 648 g/mol. The summed E-state index contributed by atoms with van der Waals surface area (Å²) in [6.07, 6.45) is 0.483. The predicted molar refractivity (Wildman–Crippen MR) is 192 cm³/mol. The van der Waals surface area contributed by atoms with Gasteiger partial charge in [0.15, 0.2) is 0 Å². The normalized spacial score (nSPS) is 13.3. The van der Waals surface area contributed by atoms with Gasteiger partial charge >= 0.3 is 0 Å². The fourth-order valence-electron chi connectivity index (χ4n) is 5.64. The minimum atomic E-state index is -0.222. The van der Waals surface area contributed by atoms with E-state index in [1.807, 2.05) is 91.7 Å². The first kappa shape index (κ1) is 34.3. The molecule has 1 aliphatic rings.